The molecule has 0 N–H and O–H groups in total. The summed E-state index contributed by atoms with van der Waals surface area (Å²) in [7, 11) is 0. The molecule has 0 aliphatic heterocycles. The second-order valence-corrected chi connectivity index (χ2v) is 5.29. The van der Waals surface area contributed by atoms with Crippen LogP contribution in [0.1, 0.15) is 21.5 Å². The highest BCUT2D eigenvalue weighted by Gasteiger charge is 2.14. The summed E-state index contributed by atoms with van der Waals surface area (Å²) < 4.78 is 0. The lowest BCUT2D eigenvalue weighted by atomic mass is 10.0. The van der Waals surface area contributed by atoms with Crippen LogP contribution in [0.3, 0.4) is 0 Å². The number of carbonyl (C=O) groups is 1. The first kappa shape index (κ1) is 13.7. The number of benzene rings is 1. The van der Waals surface area contributed by atoms with Crippen LogP contribution in [0.5, 0.6) is 0 Å². The van der Waals surface area contributed by atoms with Crippen LogP contribution in [0.4, 0.5) is 0 Å². The topological polar surface area (TPSA) is 42.9 Å². The molecule has 0 amide bonds. The number of hydrogen-bond acceptors (Lipinski definition) is 3. The molecule has 0 radical (unpaired) electrons. The number of carbonyl (C=O) groups excluding carboxylic acids is 1. The van der Waals surface area contributed by atoms with E-state index in [0.29, 0.717) is 11.3 Å². The molecule has 1 aromatic carbocycles. The molecular formula is C17H13ClN2O. The lowest BCUT2D eigenvalue weighted by molar-refractivity contribution is 0.108. The van der Waals surface area contributed by atoms with Crippen molar-refractivity contribution in [1.82, 2.24) is 9.97 Å². The second-order valence-electron chi connectivity index (χ2n) is 4.95. The van der Waals surface area contributed by atoms with Crippen LogP contribution in [0.25, 0.3) is 22.3 Å². The molecule has 2 aromatic heterocycles. The summed E-state index contributed by atoms with van der Waals surface area (Å²) in [4.78, 5) is 20.7. The summed E-state index contributed by atoms with van der Waals surface area (Å²) in [6.07, 6.45) is 1.70. The summed E-state index contributed by atoms with van der Waals surface area (Å²) in [5, 5.41) is 0.292. The van der Waals surface area contributed by atoms with E-state index in [0.717, 1.165) is 27.7 Å². The molecule has 3 aromatic rings. The SMILES string of the molecule is Cc1ccc2c(C(=O)Cl)cc(-c3ccccn3)nc2c1C. The Kier molecular flexibility index (Phi) is 3.43. The number of aromatic nitrogens is 2. The predicted octanol–water partition coefficient (Wildman–Crippen LogP) is 4.29. The minimum absolute atomic E-state index is 0.463. The van der Waals surface area contributed by atoms with Crippen molar-refractivity contribution in [2.45, 2.75) is 13.8 Å². The average Bonchev–Trinajstić information content (AvgIpc) is 2.51. The Morgan fingerprint density at radius 1 is 1.10 bits per heavy atom. The minimum atomic E-state index is -0.483. The van der Waals surface area contributed by atoms with Crippen molar-refractivity contribution in [3.05, 3.63) is 59.3 Å². The molecule has 0 spiro atoms. The smallest absolute Gasteiger partial charge is 0.253 e. The zero-order valence-electron chi connectivity index (χ0n) is 11.7. The number of fused-ring (bicyclic) bond motifs is 1. The largest absolute Gasteiger partial charge is 0.276 e. The molecule has 0 fully saturated rings. The quantitative estimate of drug-likeness (QED) is 0.662. The van der Waals surface area contributed by atoms with E-state index < -0.39 is 5.24 Å². The van der Waals surface area contributed by atoms with E-state index in [1.54, 1.807) is 12.3 Å². The number of halogens is 1. The van der Waals surface area contributed by atoms with Gasteiger partial charge in [0.15, 0.2) is 0 Å². The van der Waals surface area contributed by atoms with Gasteiger partial charge in [-0.25, -0.2) is 4.98 Å². The van der Waals surface area contributed by atoms with Gasteiger partial charge in [-0.3, -0.25) is 9.78 Å². The Balaban J connectivity index is 2.39. The molecule has 0 saturated heterocycles. The van der Waals surface area contributed by atoms with Crippen molar-refractivity contribution in [1.29, 1.82) is 0 Å². The van der Waals surface area contributed by atoms with Crippen LogP contribution in [0, 0.1) is 13.8 Å². The average molecular weight is 297 g/mol. The second kappa shape index (κ2) is 5.26. The standard InChI is InChI=1S/C17H13ClN2O/c1-10-6-7-12-13(17(18)21)9-15(20-16(12)11(10)2)14-5-3-4-8-19-14/h3-9H,1-2H3. The van der Waals surface area contributed by atoms with Gasteiger partial charge >= 0.3 is 0 Å². The normalized spacial score (nSPS) is 10.8. The number of hydrogen-bond donors (Lipinski definition) is 0. The number of pyridine rings is 2. The molecule has 0 atom stereocenters. The van der Waals surface area contributed by atoms with Crippen molar-refractivity contribution in [3.8, 4) is 11.4 Å². The Morgan fingerprint density at radius 3 is 2.57 bits per heavy atom. The van der Waals surface area contributed by atoms with Crippen molar-refractivity contribution in [2.24, 2.45) is 0 Å². The molecule has 0 aliphatic carbocycles. The Labute approximate surface area is 127 Å². The van der Waals surface area contributed by atoms with Crippen molar-refractivity contribution in [3.63, 3.8) is 0 Å². The molecule has 0 aliphatic rings. The van der Waals surface area contributed by atoms with E-state index in [9.17, 15) is 4.79 Å². The summed E-state index contributed by atoms with van der Waals surface area (Å²) in [6.45, 7) is 4.02. The molecule has 21 heavy (non-hydrogen) atoms. The first-order valence-corrected chi connectivity index (χ1v) is 6.98. The first-order chi connectivity index (χ1) is 10.1. The highest BCUT2D eigenvalue weighted by molar-refractivity contribution is 6.68. The van der Waals surface area contributed by atoms with Crippen LogP contribution in [0.2, 0.25) is 0 Å². The van der Waals surface area contributed by atoms with Gasteiger partial charge in [-0.2, -0.15) is 0 Å². The Morgan fingerprint density at radius 2 is 1.90 bits per heavy atom. The van der Waals surface area contributed by atoms with Gasteiger partial charge in [-0.1, -0.05) is 18.2 Å². The van der Waals surface area contributed by atoms with Gasteiger partial charge in [0.2, 0.25) is 0 Å². The molecule has 4 heteroatoms. The van der Waals surface area contributed by atoms with Crippen molar-refractivity contribution < 1.29 is 4.79 Å². The van der Waals surface area contributed by atoms with E-state index >= 15 is 0 Å². The third-order valence-corrected chi connectivity index (χ3v) is 3.85. The molecule has 3 nitrogen and oxygen atoms in total. The molecule has 0 saturated carbocycles. The van der Waals surface area contributed by atoms with E-state index in [2.05, 4.69) is 9.97 Å². The van der Waals surface area contributed by atoms with Gasteiger partial charge in [-0.15, -0.1) is 0 Å². The highest BCUT2D eigenvalue weighted by atomic mass is 35.5. The van der Waals surface area contributed by atoms with Gasteiger partial charge in [0.25, 0.3) is 5.24 Å². The van der Waals surface area contributed by atoms with Crippen LogP contribution in [-0.4, -0.2) is 15.2 Å². The van der Waals surface area contributed by atoms with Crippen LogP contribution < -0.4 is 0 Å². The van der Waals surface area contributed by atoms with Crippen LogP contribution in [-0.2, 0) is 0 Å². The minimum Gasteiger partial charge on any atom is -0.276 e. The molecule has 0 unspecified atom stereocenters. The summed E-state index contributed by atoms with van der Waals surface area (Å²) >= 11 is 5.75. The van der Waals surface area contributed by atoms with Gasteiger partial charge in [0.05, 0.1) is 16.9 Å². The van der Waals surface area contributed by atoms with Crippen molar-refractivity contribution in [2.75, 3.05) is 0 Å². The number of aryl methyl sites for hydroxylation is 2. The summed E-state index contributed by atoms with van der Waals surface area (Å²) in [6, 6.07) is 11.2. The third-order valence-electron chi connectivity index (χ3n) is 3.64. The van der Waals surface area contributed by atoms with Crippen molar-refractivity contribution >= 4 is 27.7 Å². The zero-order chi connectivity index (χ0) is 15.0. The third kappa shape index (κ3) is 2.41. The van der Waals surface area contributed by atoms with E-state index in [1.807, 2.05) is 44.2 Å². The lowest BCUT2D eigenvalue weighted by Gasteiger charge is -2.10. The maximum absolute atomic E-state index is 11.8. The number of nitrogens with zero attached hydrogens (tertiary/aromatic N) is 2. The number of rotatable bonds is 2. The summed E-state index contributed by atoms with van der Waals surface area (Å²) in [5.74, 6) is 0. The lowest BCUT2D eigenvalue weighted by Crippen LogP contribution is -1.99. The molecule has 2 heterocycles. The fourth-order valence-corrected chi connectivity index (χ4v) is 2.49. The van der Waals surface area contributed by atoms with Gasteiger partial charge in [0, 0.05) is 17.1 Å². The van der Waals surface area contributed by atoms with Gasteiger partial charge in [0.1, 0.15) is 0 Å². The zero-order valence-corrected chi connectivity index (χ0v) is 12.5. The molecular weight excluding hydrogens is 284 g/mol. The van der Waals surface area contributed by atoms with Gasteiger partial charge in [-0.05, 0) is 54.8 Å². The Bertz CT molecular complexity index is 844. The summed E-state index contributed by atoms with van der Waals surface area (Å²) in [5.41, 5.74) is 4.80. The maximum atomic E-state index is 11.8. The van der Waals surface area contributed by atoms with E-state index in [4.69, 9.17) is 11.6 Å². The monoisotopic (exact) mass is 296 g/mol. The van der Waals surface area contributed by atoms with Crippen LogP contribution in [0.15, 0.2) is 42.6 Å². The van der Waals surface area contributed by atoms with E-state index in [1.165, 1.54) is 0 Å². The van der Waals surface area contributed by atoms with E-state index in [-0.39, 0.29) is 0 Å². The fourth-order valence-electron chi connectivity index (χ4n) is 2.34. The molecule has 104 valence electrons. The van der Waals surface area contributed by atoms with Gasteiger partial charge < -0.3 is 0 Å². The fraction of sp³-hybridized carbons (Fsp3) is 0.118. The predicted molar refractivity (Wildman–Crippen MR) is 84.6 cm³/mol. The Hall–Kier alpha value is -2.26. The molecule has 3 rings (SSSR count). The molecule has 0 bridgehead atoms. The maximum Gasteiger partial charge on any atom is 0.253 e. The first-order valence-electron chi connectivity index (χ1n) is 6.60. The highest BCUT2D eigenvalue weighted by Crippen LogP contribution is 2.28. The van der Waals surface area contributed by atoms with Crippen LogP contribution >= 0.6 is 11.6 Å².